The van der Waals surface area contributed by atoms with Gasteiger partial charge in [0.05, 0.1) is 26.0 Å². The molecule has 2 amide bonds. The highest BCUT2D eigenvalue weighted by Crippen LogP contribution is 2.15. The third-order valence-electron chi connectivity index (χ3n) is 3.51. The third kappa shape index (κ3) is 4.90. The Hall–Kier alpha value is -3.16. The first kappa shape index (κ1) is 18.2. The van der Waals surface area contributed by atoms with E-state index in [4.69, 9.17) is 4.74 Å². The number of benzene rings is 1. The quantitative estimate of drug-likeness (QED) is 0.787. The van der Waals surface area contributed by atoms with Gasteiger partial charge in [0.15, 0.2) is 0 Å². The van der Waals surface area contributed by atoms with Gasteiger partial charge in [0.2, 0.25) is 5.91 Å². The first-order valence-corrected chi connectivity index (χ1v) is 7.80. The topological polar surface area (TPSA) is 96.5 Å². The Bertz CT molecular complexity index is 716. The van der Waals surface area contributed by atoms with E-state index in [2.05, 4.69) is 20.6 Å². The van der Waals surface area contributed by atoms with Gasteiger partial charge < -0.3 is 20.3 Å². The lowest BCUT2D eigenvalue weighted by atomic mass is 10.3. The van der Waals surface area contributed by atoms with Crippen LogP contribution in [0.1, 0.15) is 17.4 Å². The van der Waals surface area contributed by atoms with Gasteiger partial charge in [0.25, 0.3) is 5.91 Å². The van der Waals surface area contributed by atoms with Crippen molar-refractivity contribution in [1.82, 2.24) is 15.3 Å². The number of aromatic nitrogens is 2. The number of carbonyl (C=O) groups excluding carboxylic acids is 2. The zero-order chi connectivity index (χ0) is 18.2. The van der Waals surface area contributed by atoms with Crippen LogP contribution in [-0.2, 0) is 4.79 Å². The molecule has 0 bridgehead atoms. The predicted molar refractivity (Wildman–Crippen MR) is 94.9 cm³/mol. The number of likely N-dealkylation sites (N-methyl/N-ethyl adjacent to an activating group) is 1. The molecule has 0 aliphatic rings. The molecule has 0 aliphatic carbocycles. The van der Waals surface area contributed by atoms with Crippen LogP contribution in [0.25, 0.3) is 0 Å². The number of anilines is 2. The molecule has 8 nitrogen and oxygen atoms in total. The lowest BCUT2D eigenvalue weighted by molar-refractivity contribution is -0.115. The van der Waals surface area contributed by atoms with Crippen molar-refractivity contribution < 1.29 is 14.3 Å². The SMILES string of the molecule is CCN(CC(=O)Nc1ccc(OC)cc1)c1cnc(C(=O)NC)cn1. The summed E-state index contributed by atoms with van der Waals surface area (Å²) < 4.78 is 5.08. The smallest absolute Gasteiger partial charge is 0.271 e. The van der Waals surface area contributed by atoms with E-state index >= 15 is 0 Å². The molecule has 2 aromatic rings. The van der Waals surface area contributed by atoms with Gasteiger partial charge in [-0.05, 0) is 31.2 Å². The van der Waals surface area contributed by atoms with E-state index in [0.29, 0.717) is 18.1 Å². The van der Waals surface area contributed by atoms with Crippen LogP contribution in [0.5, 0.6) is 5.75 Å². The molecule has 2 rings (SSSR count). The van der Waals surface area contributed by atoms with Crippen molar-refractivity contribution in [2.45, 2.75) is 6.92 Å². The number of carbonyl (C=O) groups is 2. The summed E-state index contributed by atoms with van der Waals surface area (Å²) in [6.45, 7) is 2.61. The fourth-order valence-electron chi connectivity index (χ4n) is 2.13. The molecule has 0 spiro atoms. The van der Waals surface area contributed by atoms with Crippen LogP contribution in [0.4, 0.5) is 11.5 Å². The van der Waals surface area contributed by atoms with Crippen molar-refractivity contribution in [3.05, 3.63) is 42.4 Å². The standard InChI is InChI=1S/C17H21N5O3/c1-4-22(15-10-19-14(9-20-15)17(24)18-2)11-16(23)21-12-5-7-13(25-3)8-6-12/h5-10H,4,11H2,1-3H3,(H,18,24)(H,21,23). The van der Waals surface area contributed by atoms with Gasteiger partial charge in [0.1, 0.15) is 17.3 Å². The minimum atomic E-state index is -0.306. The van der Waals surface area contributed by atoms with E-state index in [1.807, 2.05) is 6.92 Å². The van der Waals surface area contributed by atoms with E-state index in [1.165, 1.54) is 19.4 Å². The summed E-state index contributed by atoms with van der Waals surface area (Å²) in [6.07, 6.45) is 2.87. The average molecular weight is 343 g/mol. The highest BCUT2D eigenvalue weighted by Gasteiger charge is 2.13. The molecule has 0 saturated carbocycles. The predicted octanol–water partition coefficient (Wildman–Crippen LogP) is 1.31. The largest absolute Gasteiger partial charge is 0.497 e. The fourth-order valence-corrected chi connectivity index (χ4v) is 2.13. The van der Waals surface area contributed by atoms with E-state index in [-0.39, 0.29) is 24.1 Å². The average Bonchev–Trinajstić information content (AvgIpc) is 2.66. The third-order valence-corrected chi connectivity index (χ3v) is 3.51. The number of hydrogen-bond donors (Lipinski definition) is 2. The minimum Gasteiger partial charge on any atom is -0.497 e. The van der Waals surface area contributed by atoms with Crippen LogP contribution in [0.15, 0.2) is 36.7 Å². The maximum Gasteiger partial charge on any atom is 0.271 e. The van der Waals surface area contributed by atoms with E-state index in [9.17, 15) is 9.59 Å². The Balaban J connectivity index is 2.00. The second kappa shape index (κ2) is 8.62. The molecule has 132 valence electrons. The van der Waals surface area contributed by atoms with E-state index in [0.717, 1.165) is 5.75 Å². The summed E-state index contributed by atoms with van der Waals surface area (Å²) >= 11 is 0. The van der Waals surface area contributed by atoms with E-state index < -0.39 is 0 Å². The van der Waals surface area contributed by atoms with Crippen molar-refractivity contribution in [3.63, 3.8) is 0 Å². The first-order valence-electron chi connectivity index (χ1n) is 7.80. The highest BCUT2D eigenvalue weighted by molar-refractivity contribution is 5.94. The molecule has 0 aliphatic heterocycles. The molecular formula is C17H21N5O3. The summed E-state index contributed by atoms with van der Waals surface area (Å²) in [4.78, 5) is 33.8. The lowest BCUT2D eigenvalue weighted by Gasteiger charge is -2.21. The van der Waals surface area contributed by atoms with Crippen molar-refractivity contribution in [2.75, 3.05) is 37.5 Å². The van der Waals surface area contributed by atoms with E-state index in [1.54, 1.807) is 36.3 Å². The second-order valence-corrected chi connectivity index (χ2v) is 5.13. The molecule has 1 aromatic carbocycles. The molecule has 8 heteroatoms. The summed E-state index contributed by atoms with van der Waals surface area (Å²) in [6, 6.07) is 7.09. The highest BCUT2D eigenvalue weighted by atomic mass is 16.5. The van der Waals surface area contributed by atoms with Crippen LogP contribution in [0, 0.1) is 0 Å². The molecular weight excluding hydrogens is 322 g/mol. The Labute approximate surface area is 146 Å². The van der Waals surface area contributed by atoms with Gasteiger partial charge in [0, 0.05) is 19.3 Å². The number of nitrogens with one attached hydrogen (secondary N) is 2. The van der Waals surface area contributed by atoms with Crippen molar-refractivity contribution >= 4 is 23.3 Å². The van der Waals surface area contributed by atoms with Gasteiger partial charge in [-0.1, -0.05) is 0 Å². The molecule has 1 aromatic heterocycles. The lowest BCUT2D eigenvalue weighted by Crippen LogP contribution is -2.34. The number of ether oxygens (including phenoxy) is 1. The number of nitrogens with zero attached hydrogens (tertiary/aromatic N) is 3. The van der Waals surface area contributed by atoms with Crippen molar-refractivity contribution in [1.29, 1.82) is 0 Å². The number of methoxy groups -OCH3 is 1. The zero-order valence-electron chi connectivity index (χ0n) is 14.4. The molecule has 0 unspecified atom stereocenters. The van der Waals surface area contributed by atoms with Crippen LogP contribution < -0.4 is 20.3 Å². The van der Waals surface area contributed by atoms with Gasteiger partial charge in [-0.2, -0.15) is 0 Å². The monoisotopic (exact) mass is 343 g/mol. The molecule has 0 radical (unpaired) electrons. The Morgan fingerprint density at radius 1 is 1.16 bits per heavy atom. The van der Waals surface area contributed by atoms with Gasteiger partial charge in [-0.3, -0.25) is 9.59 Å². The van der Waals surface area contributed by atoms with Crippen molar-refractivity contribution in [3.8, 4) is 5.75 Å². The minimum absolute atomic E-state index is 0.122. The molecule has 0 saturated heterocycles. The van der Waals surface area contributed by atoms with Crippen molar-refractivity contribution in [2.24, 2.45) is 0 Å². The summed E-state index contributed by atoms with van der Waals surface area (Å²) in [7, 11) is 3.11. The molecule has 2 N–H and O–H groups in total. The van der Waals surface area contributed by atoms with Crippen LogP contribution >= 0.6 is 0 Å². The number of rotatable bonds is 7. The summed E-state index contributed by atoms with van der Waals surface area (Å²) in [5.41, 5.74) is 0.910. The maximum absolute atomic E-state index is 12.2. The van der Waals surface area contributed by atoms with Crippen LogP contribution in [0.3, 0.4) is 0 Å². The number of hydrogen-bond acceptors (Lipinski definition) is 6. The second-order valence-electron chi connectivity index (χ2n) is 5.13. The Kier molecular flexibility index (Phi) is 6.27. The molecule has 25 heavy (non-hydrogen) atoms. The van der Waals surface area contributed by atoms with Crippen LogP contribution in [-0.4, -0.2) is 49.0 Å². The maximum atomic E-state index is 12.2. The summed E-state index contributed by atoms with van der Waals surface area (Å²) in [5, 5.41) is 5.30. The Morgan fingerprint density at radius 3 is 2.40 bits per heavy atom. The first-order chi connectivity index (χ1) is 12.1. The van der Waals surface area contributed by atoms with Gasteiger partial charge >= 0.3 is 0 Å². The molecule has 1 heterocycles. The summed E-state index contributed by atoms with van der Waals surface area (Å²) in [5.74, 6) is 0.767. The normalized spacial score (nSPS) is 10.0. The fraction of sp³-hybridized carbons (Fsp3) is 0.294. The zero-order valence-corrected chi connectivity index (χ0v) is 14.4. The van der Waals surface area contributed by atoms with Gasteiger partial charge in [-0.15, -0.1) is 0 Å². The molecule has 0 atom stereocenters. The van der Waals surface area contributed by atoms with Crippen LogP contribution in [0.2, 0.25) is 0 Å². The number of amides is 2. The molecule has 0 fully saturated rings. The van der Waals surface area contributed by atoms with Gasteiger partial charge in [-0.25, -0.2) is 9.97 Å². The Morgan fingerprint density at radius 2 is 1.88 bits per heavy atom.